The van der Waals surface area contributed by atoms with Gasteiger partial charge in [-0.25, -0.2) is 0 Å². The van der Waals surface area contributed by atoms with Crippen molar-refractivity contribution in [3.05, 3.63) is 59.4 Å². The Hall–Kier alpha value is -2.62. The molecule has 0 aliphatic heterocycles. The number of alkyl halides is 6. The second kappa shape index (κ2) is 8.02. The van der Waals surface area contributed by atoms with Crippen molar-refractivity contribution in [3.63, 3.8) is 0 Å². The lowest BCUT2D eigenvalue weighted by molar-refractivity contribution is -0.143. The van der Waals surface area contributed by atoms with Gasteiger partial charge in [-0.2, -0.15) is 26.3 Å². The van der Waals surface area contributed by atoms with Crippen LogP contribution in [0.25, 0.3) is 0 Å². The van der Waals surface area contributed by atoms with Crippen LogP contribution in [0.3, 0.4) is 0 Å². The number of aromatic nitrogens is 1. The number of amides is 1. The lowest BCUT2D eigenvalue weighted by atomic mass is 10.1. The molecule has 1 saturated carbocycles. The molecule has 1 heterocycles. The van der Waals surface area contributed by atoms with Gasteiger partial charge in [0.2, 0.25) is 5.91 Å². The molecule has 0 saturated heterocycles. The largest absolute Gasteiger partial charge is 0.416 e. The van der Waals surface area contributed by atoms with Gasteiger partial charge in [-0.3, -0.25) is 14.7 Å². The van der Waals surface area contributed by atoms with E-state index in [-0.39, 0.29) is 18.7 Å². The highest BCUT2D eigenvalue weighted by atomic mass is 19.4. The summed E-state index contributed by atoms with van der Waals surface area (Å²) < 4.78 is 77.7. The number of hydrogen-bond donors (Lipinski definition) is 1. The molecule has 1 N–H and O–H groups in total. The normalized spacial score (nSPS) is 14.9. The summed E-state index contributed by atoms with van der Waals surface area (Å²) in [6, 6.07) is 4.72. The first-order chi connectivity index (χ1) is 13.5. The van der Waals surface area contributed by atoms with Gasteiger partial charge in [0.15, 0.2) is 0 Å². The van der Waals surface area contributed by atoms with E-state index < -0.39 is 35.1 Å². The molecule has 0 spiro atoms. The second-order valence-electron chi connectivity index (χ2n) is 6.84. The van der Waals surface area contributed by atoms with Gasteiger partial charge in [-0.1, -0.05) is 6.07 Å². The molecule has 3 rings (SSSR count). The number of pyridine rings is 1. The average Bonchev–Trinajstić information content (AvgIpc) is 3.45. The average molecular weight is 417 g/mol. The molecule has 1 amide bonds. The van der Waals surface area contributed by atoms with Gasteiger partial charge in [0.1, 0.15) is 0 Å². The van der Waals surface area contributed by atoms with E-state index in [9.17, 15) is 31.1 Å². The van der Waals surface area contributed by atoms with E-state index in [1.807, 2.05) is 11.0 Å². The summed E-state index contributed by atoms with van der Waals surface area (Å²) in [5, 5.41) is 2.17. The van der Waals surface area contributed by atoms with Gasteiger partial charge >= 0.3 is 12.4 Å². The monoisotopic (exact) mass is 417 g/mol. The first-order valence-electron chi connectivity index (χ1n) is 8.74. The molecule has 1 aromatic heterocycles. The Kier molecular flexibility index (Phi) is 5.83. The van der Waals surface area contributed by atoms with E-state index in [0.29, 0.717) is 18.7 Å². The Morgan fingerprint density at radius 3 is 2.17 bits per heavy atom. The van der Waals surface area contributed by atoms with Crippen molar-refractivity contribution < 1.29 is 31.1 Å². The third kappa shape index (κ3) is 5.93. The molecule has 0 bridgehead atoms. The second-order valence-corrected chi connectivity index (χ2v) is 6.84. The fourth-order valence-corrected chi connectivity index (χ4v) is 2.89. The molecular weight excluding hydrogens is 400 g/mol. The molecule has 1 aliphatic carbocycles. The van der Waals surface area contributed by atoms with Crippen LogP contribution in [0.5, 0.6) is 0 Å². The lowest BCUT2D eigenvalue weighted by Crippen LogP contribution is -2.34. The van der Waals surface area contributed by atoms with Gasteiger partial charge in [0, 0.05) is 30.7 Å². The summed E-state index contributed by atoms with van der Waals surface area (Å²) in [5.41, 5.74) is -2.64. The number of rotatable bonds is 6. The van der Waals surface area contributed by atoms with Crippen LogP contribution >= 0.6 is 0 Å². The lowest BCUT2D eigenvalue weighted by Gasteiger charge is -2.21. The minimum absolute atomic E-state index is 0.0224. The molecule has 1 fully saturated rings. The van der Waals surface area contributed by atoms with E-state index in [2.05, 4.69) is 10.3 Å². The molecule has 10 heteroatoms. The molecule has 1 aliphatic rings. The summed E-state index contributed by atoms with van der Waals surface area (Å²) in [5.74, 6) is -0.687. The predicted octanol–water partition coefficient (Wildman–Crippen LogP) is 4.72. The summed E-state index contributed by atoms with van der Waals surface area (Å²) in [7, 11) is 0. The van der Waals surface area contributed by atoms with Crippen LogP contribution < -0.4 is 5.32 Å². The molecule has 0 radical (unpaired) electrons. The summed E-state index contributed by atoms with van der Waals surface area (Å²) in [6.07, 6.45) is -4.97. The molecular formula is C19H17F6N3O. The molecule has 2 aromatic rings. The van der Waals surface area contributed by atoms with Crippen LogP contribution in [-0.4, -0.2) is 28.4 Å². The highest BCUT2D eigenvalue weighted by molar-refractivity contribution is 5.92. The van der Waals surface area contributed by atoms with Gasteiger partial charge in [-0.05, 0) is 42.7 Å². The van der Waals surface area contributed by atoms with Gasteiger partial charge in [-0.15, -0.1) is 0 Å². The van der Waals surface area contributed by atoms with Crippen LogP contribution in [0.2, 0.25) is 0 Å². The number of nitrogens with zero attached hydrogens (tertiary/aromatic N) is 2. The minimum Gasteiger partial charge on any atom is -0.325 e. The Morgan fingerprint density at radius 1 is 1.07 bits per heavy atom. The summed E-state index contributed by atoms with van der Waals surface area (Å²) >= 11 is 0. The van der Waals surface area contributed by atoms with Crippen molar-refractivity contribution in [2.75, 3.05) is 11.9 Å². The zero-order chi connectivity index (χ0) is 21.2. The molecule has 29 heavy (non-hydrogen) atoms. The molecule has 1 aromatic carbocycles. The molecule has 4 nitrogen and oxygen atoms in total. The van der Waals surface area contributed by atoms with Crippen LogP contribution in [0.4, 0.5) is 32.0 Å². The van der Waals surface area contributed by atoms with Crippen LogP contribution in [0, 0.1) is 0 Å². The third-order valence-corrected chi connectivity index (χ3v) is 4.39. The maximum absolute atomic E-state index is 12.9. The van der Waals surface area contributed by atoms with Gasteiger partial charge < -0.3 is 5.32 Å². The maximum atomic E-state index is 12.9. The predicted molar refractivity (Wildman–Crippen MR) is 92.7 cm³/mol. The van der Waals surface area contributed by atoms with E-state index in [4.69, 9.17) is 0 Å². The topological polar surface area (TPSA) is 45.2 Å². The smallest absolute Gasteiger partial charge is 0.325 e. The Balaban J connectivity index is 1.75. The fraction of sp³-hybridized carbons (Fsp3) is 0.368. The Labute approximate surface area is 162 Å². The molecule has 0 atom stereocenters. The van der Waals surface area contributed by atoms with Gasteiger partial charge in [0.25, 0.3) is 0 Å². The number of benzene rings is 1. The number of hydrogen-bond acceptors (Lipinski definition) is 3. The SMILES string of the molecule is O=C(CN(Cc1cccnc1)C1CC1)Nc1cc(C(F)(F)F)cc(C(F)(F)F)c1. The standard InChI is InChI=1S/C19H17F6N3O/c20-18(21,22)13-6-14(19(23,24)25)8-15(7-13)27-17(29)11-28(16-3-4-16)10-12-2-1-5-26-9-12/h1-2,5-9,16H,3-4,10-11H2,(H,27,29). The van der Waals surface area contributed by atoms with Crippen molar-refractivity contribution in [2.45, 2.75) is 37.8 Å². The van der Waals surface area contributed by atoms with Crippen molar-refractivity contribution in [1.82, 2.24) is 9.88 Å². The van der Waals surface area contributed by atoms with E-state index in [1.54, 1.807) is 18.5 Å². The van der Waals surface area contributed by atoms with Crippen molar-refractivity contribution in [1.29, 1.82) is 0 Å². The molecule has 156 valence electrons. The first-order valence-corrected chi connectivity index (χ1v) is 8.74. The van der Waals surface area contributed by atoms with Crippen molar-refractivity contribution >= 4 is 11.6 Å². The zero-order valence-corrected chi connectivity index (χ0v) is 15.0. The number of halogens is 6. The van der Waals surface area contributed by atoms with E-state index >= 15 is 0 Å². The van der Waals surface area contributed by atoms with Crippen molar-refractivity contribution in [3.8, 4) is 0 Å². The zero-order valence-electron chi connectivity index (χ0n) is 15.0. The summed E-state index contributed by atoms with van der Waals surface area (Å²) in [6.45, 7) is 0.249. The Morgan fingerprint density at radius 2 is 1.69 bits per heavy atom. The highest BCUT2D eigenvalue weighted by Gasteiger charge is 2.37. The number of carbonyl (C=O) groups excluding carboxylic acids is 1. The number of anilines is 1. The number of nitrogens with one attached hydrogen (secondary N) is 1. The molecule has 0 unspecified atom stereocenters. The maximum Gasteiger partial charge on any atom is 0.416 e. The van der Waals surface area contributed by atoms with Crippen molar-refractivity contribution in [2.24, 2.45) is 0 Å². The van der Waals surface area contributed by atoms with E-state index in [1.165, 1.54) is 0 Å². The first kappa shape index (κ1) is 21.1. The third-order valence-electron chi connectivity index (χ3n) is 4.39. The van der Waals surface area contributed by atoms with Crippen LogP contribution in [0.15, 0.2) is 42.7 Å². The fourth-order valence-electron chi connectivity index (χ4n) is 2.89. The van der Waals surface area contributed by atoms with Gasteiger partial charge in [0.05, 0.1) is 17.7 Å². The number of carbonyl (C=O) groups is 1. The minimum atomic E-state index is -4.97. The highest BCUT2D eigenvalue weighted by Crippen LogP contribution is 2.37. The van der Waals surface area contributed by atoms with Crippen LogP contribution in [-0.2, 0) is 23.7 Å². The van der Waals surface area contributed by atoms with Crippen LogP contribution in [0.1, 0.15) is 29.5 Å². The Bertz CT molecular complexity index is 830. The van der Waals surface area contributed by atoms with E-state index in [0.717, 1.165) is 18.4 Å². The summed E-state index contributed by atoms with van der Waals surface area (Å²) in [4.78, 5) is 18.1. The quantitative estimate of drug-likeness (QED) is 0.692.